The van der Waals surface area contributed by atoms with Gasteiger partial charge in [0.15, 0.2) is 0 Å². The number of hydrogen-bond donors (Lipinski definition) is 0. The lowest BCUT2D eigenvalue weighted by atomic mass is 9.90. The molecule has 1 aromatic carbocycles. The molecule has 2 rings (SSSR count). The van der Waals surface area contributed by atoms with E-state index in [0.29, 0.717) is 12.2 Å². The molecule has 0 aliphatic heterocycles. The topological polar surface area (TPSA) is 35.5 Å². The Morgan fingerprint density at radius 2 is 1.95 bits per heavy atom. The molecule has 0 spiro atoms. The van der Waals surface area contributed by atoms with E-state index in [2.05, 4.69) is 15.9 Å². The summed E-state index contributed by atoms with van der Waals surface area (Å²) in [5, 5.41) is 0. The lowest BCUT2D eigenvalue weighted by molar-refractivity contribution is -0.120. The highest BCUT2D eigenvalue weighted by molar-refractivity contribution is 9.10. The molecule has 0 bridgehead atoms. The quantitative estimate of drug-likeness (QED) is 0.785. The van der Waals surface area contributed by atoms with Crippen LogP contribution in [0.25, 0.3) is 0 Å². The van der Waals surface area contributed by atoms with Crippen LogP contribution in [0.4, 0.5) is 0 Å². The molecule has 0 aromatic heterocycles. The summed E-state index contributed by atoms with van der Waals surface area (Å²) < 4.78 is 11.5. The Hall–Kier alpha value is -1.03. The molecule has 1 saturated carbocycles. The average molecular weight is 327 g/mol. The van der Waals surface area contributed by atoms with Crippen LogP contribution in [0.1, 0.15) is 43.6 Å². The molecule has 1 aliphatic rings. The largest absolute Gasteiger partial charge is 0.495 e. The predicted octanol–water partition coefficient (Wildman–Crippen LogP) is 4.08. The standard InChI is InChI=1S/C15H19BrO3/c1-18-13-9-8-11(15(19-2)14(13)16)10-6-4-3-5-7-12(10)17/h8-10H,3-7H2,1-2H3. The second-order valence-electron chi connectivity index (χ2n) is 4.82. The summed E-state index contributed by atoms with van der Waals surface area (Å²) in [7, 11) is 3.25. The van der Waals surface area contributed by atoms with Crippen LogP contribution in [0.2, 0.25) is 0 Å². The number of ketones is 1. The molecule has 0 amide bonds. The molecule has 0 saturated heterocycles. The number of carbonyl (C=O) groups is 1. The number of Topliss-reactive ketones (excluding diaryl/α,β-unsaturated/α-hetero) is 1. The Labute approximate surface area is 122 Å². The smallest absolute Gasteiger partial charge is 0.140 e. The van der Waals surface area contributed by atoms with Crippen LogP contribution >= 0.6 is 15.9 Å². The van der Waals surface area contributed by atoms with Gasteiger partial charge in [-0.05, 0) is 34.8 Å². The van der Waals surface area contributed by atoms with Crippen LogP contribution in [0.15, 0.2) is 16.6 Å². The van der Waals surface area contributed by atoms with Crippen molar-refractivity contribution in [2.24, 2.45) is 0 Å². The van der Waals surface area contributed by atoms with Crippen molar-refractivity contribution in [1.29, 1.82) is 0 Å². The van der Waals surface area contributed by atoms with Crippen molar-refractivity contribution in [3.8, 4) is 11.5 Å². The van der Waals surface area contributed by atoms with E-state index in [1.165, 1.54) is 0 Å². The monoisotopic (exact) mass is 326 g/mol. The van der Waals surface area contributed by atoms with Crippen molar-refractivity contribution in [2.45, 2.75) is 38.0 Å². The molecular weight excluding hydrogens is 308 g/mol. The summed E-state index contributed by atoms with van der Waals surface area (Å²) in [5.41, 5.74) is 0.974. The molecule has 1 aromatic rings. The first-order chi connectivity index (χ1) is 9.19. The van der Waals surface area contributed by atoms with Gasteiger partial charge in [-0.3, -0.25) is 4.79 Å². The van der Waals surface area contributed by atoms with Crippen molar-refractivity contribution in [1.82, 2.24) is 0 Å². The number of methoxy groups -OCH3 is 2. The molecule has 19 heavy (non-hydrogen) atoms. The maximum absolute atomic E-state index is 12.2. The first kappa shape index (κ1) is 14.4. The molecule has 104 valence electrons. The molecule has 3 nitrogen and oxygen atoms in total. The van der Waals surface area contributed by atoms with E-state index < -0.39 is 0 Å². The summed E-state index contributed by atoms with van der Waals surface area (Å²) in [5.74, 6) is 1.73. The van der Waals surface area contributed by atoms with E-state index in [1.54, 1.807) is 14.2 Å². The van der Waals surface area contributed by atoms with Crippen LogP contribution in [-0.4, -0.2) is 20.0 Å². The van der Waals surface area contributed by atoms with Crippen LogP contribution in [-0.2, 0) is 4.79 Å². The summed E-state index contributed by atoms with van der Waals surface area (Å²) >= 11 is 3.50. The van der Waals surface area contributed by atoms with Gasteiger partial charge in [0.05, 0.1) is 14.2 Å². The van der Waals surface area contributed by atoms with Gasteiger partial charge in [0.2, 0.25) is 0 Å². The molecule has 4 heteroatoms. The van der Waals surface area contributed by atoms with E-state index in [1.807, 2.05) is 12.1 Å². The normalized spacial score (nSPS) is 19.9. The Morgan fingerprint density at radius 3 is 2.63 bits per heavy atom. The first-order valence-electron chi connectivity index (χ1n) is 6.62. The van der Waals surface area contributed by atoms with E-state index in [4.69, 9.17) is 9.47 Å². The summed E-state index contributed by atoms with van der Waals surface area (Å²) in [6, 6.07) is 3.84. The van der Waals surface area contributed by atoms with Gasteiger partial charge in [-0.25, -0.2) is 0 Å². The molecule has 1 fully saturated rings. The Morgan fingerprint density at radius 1 is 1.16 bits per heavy atom. The summed E-state index contributed by atoms with van der Waals surface area (Å²) in [4.78, 5) is 12.2. The fraction of sp³-hybridized carbons (Fsp3) is 0.533. The van der Waals surface area contributed by atoms with E-state index in [-0.39, 0.29) is 5.92 Å². The zero-order chi connectivity index (χ0) is 13.8. The van der Waals surface area contributed by atoms with E-state index >= 15 is 0 Å². The SMILES string of the molecule is COc1ccc(C2CCCCCC2=O)c(OC)c1Br. The van der Waals surface area contributed by atoms with Crippen molar-refractivity contribution < 1.29 is 14.3 Å². The lowest BCUT2D eigenvalue weighted by Crippen LogP contribution is -2.12. The van der Waals surface area contributed by atoms with Crippen LogP contribution in [0, 0.1) is 0 Å². The highest BCUT2D eigenvalue weighted by atomic mass is 79.9. The second kappa shape index (κ2) is 6.42. The van der Waals surface area contributed by atoms with Gasteiger partial charge in [0.1, 0.15) is 21.8 Å². The van der Waals surface area contributed by atoms with Gasteiger partial charge >= 0.3 is 0 Å². The number of benzene rings is 1. The number of halogens is 1. The van der Waals surface area contributed by atoms with Gasteiger partial charge in [0.25, 0.3) is 0 Å². The van der Waals surface area contributed by atoms with Gasteiger partial charge in [0, 0.05) is 17.9 Å². The third-order valence-electron chi connectivity index (χ3n) is 3.70. The fourth-order valence-electron chi connectivity index (χ4n) is 2.68. The van der Waals surface area contributed by atoms with Gasteiger partial charge in [-0.2, -0.15) is 0 Å². The van der Waals surface area contributed by atoms with E-state index in [9.17, 15) is 4.79 Å². The highest BCUT2D eigenvalue weighted by Gasteiger charge is 2.27. The number of carbonyl (C=O) groups excluding carboxylic acids is 1. The zero-order valence-corrected chi connectivity index (χ0v) is 13.0. The van der Waals surface area contributed by atoms with Crippen molar-refractivity contribution in [3.63, 3.8) is 0 Å². The number of ether oxygens (including phenoxy) is 2. The maximum Gasteiger partial charge on any atom is 0.140 e. The summed E-state index contributed by atoms with van der Waals surface area (Å²) in [6.45, 7) is 0. The maximum atomic E-state index is 12.2. The van der Waals surface area contributed by atoms with E-state index in [0.717, 1.165) is 47.2 Å². The van der Waals surface area contributed by atoms with Crippen LogP contribution in [0.5, 0.6) is 11.5 Å². The van der Waals surface area contributed by atoms with Crippen molar-refractivity contribution >= 4 is 21.7 Å². The minimum Gasteiger partial charge on any atom is -0.495 e. The van der Waals surface area contributed by atoms with Crippen LogP contribution < -0.4 is 9.47 Å². The Kier molecular flexibility index (Phi) is 4.86. The van der Waals surface area contributed by atoms with Gasteiger partial charge in [-0.1, -0.05) is 18.9 Å². The molecule has 1 atom stereocenters. The molecule has 0 radical (unpaired) electrons. The van der Waals surface area contributed by atoms with Crippen LogP contribution in [0.3, 0.4) is 0 Å². The minimum absolute atomic E-state index is 0.0420. The fourth-order valence-corrected chi connectivity index (χ4v) is 3.37. The lowest BCUT2D eigenvalue weighted by Gasteiger charge is -2.19. The minimum atomic E-state index is -0.0420. The van der Waals surface area contributed by atoms with Crippen molar-refractivity contribution in [2.75, 3.05) is 14.2 Å². The second-order valence-corrected chi connectivity index (χ2v) is 5.62. The Balaban J connectivity index is 2.43. The highest BCUT2D eigenvalue weighted by Crippen LogP contribution is 2.42. The average Bonchev–Trinajstić information content (AvgIpc) is 2.63. The van der Waals surface area contributed by atoms with Gasteiger partial charge < -0.3 is 9.47 Å². The third kappa shape index (κ3) is 2.94. The Bertz CT molecular complexity index is 471. The van der Waals surface area contributed by atoms with Gasteiger partial charge in [-0.15, -0.1) is 0 Å². The zero-order valence-electron chi connectivity index (χ0n) is 11.4. The molecule has 1 unspecified atom stereocenters. The first-order valence-corrected chi connectivity index (χ1v) is 7.41. The molecule has 0 N–H and O–H groups in total. The molecule has 0 heterocycles. The summed E-state index contributed by atoms with van der Waals surface area (Å²) in [6.07, 6.45) is 4.84. The predicted molar refractivity (Wildman–Crippen MR) is 78.1 cm³/mol. The number of hydrogen-bond acceptors (Lipinski definition) is 3. The van der Waals surface area contributed by atoms with Crippen molar-refractivity contribution in [3.05, 3.63) is 22.2 Å². The molecule has 1 aliphatic carbocycles. The molecular formula is C15H19BrO3. The third-order valence-corrected chi connectivity index (χ3v) is 4.45. The number of rotatable bonds is 3.